The van der Waals surface area contributed by atoms with Gasteiger partial charge in [0, 0.05) is 0 Å². The number of hydrogen-bond acceptors (Lipinski definition) is 2. The molecule has 0 bridgehead atoms. The van der Waals surface area contributed by atoms with Gasteiger partial charge in [-0.3, -0.25) is 0 Å². The van der Waals surface area contributed by atoms with E-state index in [0.29, 0.717) is 12.2 Å². The van der Waals surface area contributed by atoms with Gasteiger partial charge in [0.05, 0.1) is 0 Å². The van der Waals surface area contributed by atoms with Gasteiger partial charge < -0.3 is 9.84 Å². The number of aryl methyl sites for hydroxylation is 1. The minimum absolute atomic E-state index is 0.431. The van der Waals surface area contributed by atoms with E-state index in [1.54, 1.807) is 6.92 Å². The monoisotopic (exact) mass is 222 g/mol. The Balaban J connectivity index is 2.98. The maximum absolute atomic E-state index is 11.1. The molecule has 0 aliphatic carbocycles. The first-order valence-electron chi connectivity index (χ1n) is 5.53. The standard InChI is InChI=1S/C13H18O3/c1-4-10-8-6-7-9-11(10)16-13(3,5-2)12(14)15/h6-9H,4-5H2,1-3H3,(H,14,15). The van der Waals surface area contributed by atoms with Crippen LogP contribution in [0.5, 0.6) is 5.75 Å². The Morgan fingerprint density at radius 1 is 1.38 bits per heavy atom. The Morgan fingerprint density at radius 3 is 2.50 bits per heavy atom. The number of hydrogen-bond donors (Lipinski definition) is 1. The fourth-order valence-electron chi connectivity index (χ4n) is 1.41. The molecule has 0 amide bonds. The molecule has 1 atom stereocenters. The van der Waals surface area contributed by atoms with Crippen molar-refractivity contribution in [1.29, 1.82) is 0 Å². The average Bonchev–Trinajstić information content (AvgIpc) is 2.29. The van der Waals surface area contributed by atoms with Crippen molar-refractivity contribution in [3.63, 3.8) is 0 Å². The van der Waals surface area contributed by atoms with E-state index in [-0.39, 0.29) is 0 Å². The zero-order valence-electron chi connectivity index (χ0n) is 9.99. The lowest BCUT2D eigenvalue weighted by molar-refractivity contribution is -0.154. The van der Waals surface area contributed by atoms with E-state index in [2.05, 4.69) is 0 Å². The lowest BCUT2D eigenvalue weighted by Gasteiger charge is -2.26. The van der Waals surface area contributed by atoms with E-state index >= 15 is 0 Å². The summed E-state index contributed by atoms with van der Waals surface area (Å²) >= 11 is 0. The Labute approximate surface area is 96.1 Å². The molecule has 0 heterocycles. The molecule has 0 aliphatic rings. The van der Waals surface area contributed by atoms with Crippen LogP contribution in [0.4, 0.5) is 0 Å². The van der Waals surface area contributed by atoms with Crippen molar-refractivity contribution in [3.8, 4) is 5.75 Å². The Morgan fingerprint density at radius 2 is 2.00 bits per heavy atom. The van der Waals surface area contributed by atoms with Crippen molar-refractivity contribution in [2.45, 2.75) is 39.2 Å². The highest BCUT2D eigenvalue weighted by Gasteiger charge is 2.33. The smallest absolute Gasteiger partial charge is 0.347 e. The van der Waals surface area contributed by atoms with Gasteiger partial charge in [-0.15, -0.1) is 0 Å². The third-order valence-corrected chi connectivity index (χ3v) is 2.82. The molecule has 0 fully saturated rings. The summed E-state index contributed by atoms with van der Waals surface area (Å²) < 4.78 is 5.64. The number of benzene rings is 1. The molecule has 3 heteroatoms. The minimum atomic E-state index is -1.15. The number of carboxylic acid groups (broad SMARTS) is 1. The number of carbonyl (C=O) groups is 1. The second-order valence-electron chi connectivity index (χ2n) is 3.95. The molecule has 3 nitrogen and oxygen atoms in total. The van der Waals surface area contributed by atoms with E-state index in [1.807, 2.05) is 38.1 Å². The second-order valence-corrected chi connectivity index (χ2v) is 3.95. The number of para-hydroxylation sites is 1. The number of aliphatic carboxylic acids is 1. The molecular weight excluding hydrogens is 204 g/mol. The lowest BCUT2D eigenvalue weighted by Crippen LogP contribution is -2.40. The molecule has 1 rings (SSSR count). The fraction of sp³-hybridized carbons (Fsp3) is 0.462. The van der Waals surface area contributed by atoms with E-state index in [1.165, 1.54) is 0 Å². The van der Waals surface area contributed by atoms with Crippen LogP contribution in [0.25, 0.3) is 0 Å². The van der Waals surface area contributed by atoms with Crippen molar-refractivity contribution >= 4 is 5.97 Å². The van der Waals surface area contributed by atoms with Gasteiger partial charge in [-0.2, -0.15) is 0 Å². The van der Waals surface area contributed by atoms with Crippen LogP contribution in [0.1, 0.15) is 32.8 Å². The molecule has 1 aromatic rings. The first kappa shape index (κ1) is 12.6. The molecule has 16 heavy (non-hydrogen) atoms. The molecule has 1 unspecified atom stereocenters. The maximum Gasteiger partial charge on any atom is 0.347 e. The van der Waals surface area contributed by atoms with Gasteiger partial charge in [0.1, 0.15) is 5.75 Å². The van der Waals surface area contributed by atoms with Crippen molar-refractivity contribution in [2.24, 2.45) is 0 Å². The molecule has 0 spiro atoms. The average molecular weight is 222 g/mol. The van der Waals surface area contributed by atoms with Crippen molar-refractivity contribution in [3.05, 3.63) is 29.8 Å². The molecular formula is C13H18O3. The second kappa shape index (κ2) is 5.01. The van der Waals surface area contributed by atoms with Crippen LogP contribution < -0.4 is 4.74 Å². The summed E-state index contributed by atoms with van der Waals surface area (Å²) in [6.07, 6.45) is 1.26. The van der Waals surface area contributed by atoms with E-state index in [0.717, 1.165) is 12.0 Å². The predicted molar refractivity (Wildman–Crippen MR) is 62.8 cm³/mol. The van der Waals surface area contributed by atoms with Gasteiger partial charge in [0.15, 0.2) is 0 Å². The number of rotatable bonds is 5. The molecule has 0 saturated heterocycles. The summed E-state index contributed by atoms with van der Waals surface area (Å²) in [6, 6.07) is 7.55. The first-order valence-corrected chi connectivity index (χ1v) is 5.53. The van der Waals surface area contributed by atoms with Crippen LogP contribution in [-0.2, 0) is 11.2 Å². The largest absolute Gasteiger partial charge is 0.478 e. The molecule has 1 N–H and O–H groups in total. The Hall–Kier alpha value is -1.51. The molecule has 88 valence electrons. The van der Waals surface area contributed by atoms with Crippen molar-refractivity contribution in [1.82, 2.24) is 0 Å². The fourth-order valence-corrected chi connectivity index (χ4v) is 1.41. The summed E-state index contributed by atoms with van der Waals surface area (Å²) in [5.41, 5.74) is -0.117. The molecule has 0 radical (unpaired) electrons. The predicted octanol–water partition coefficient (Wildman–Crippen LogP) is 2.88. The minimum Gasteiger partial charge on any atom is -0.478 e. The van der Waals surface area contributed by atoms with E-state index < -0.39 is 11.6 Å². The third-order valence-electron chi connectivity index (χ3n) is 2.82. The number of ether oxygens (including phenoxy) is 1. The van der Waals surface area contributed by atoms with Gasteiger partial charge in [-0.05, 0) is 31.4 Å². The van der Waals surface area contributed by atoms with Crippen molar-refractivity contribution in [2.75, 3.05) is 0 Å². The highest BCUT2D eigenvalue weighted by atomic mass is 16.5. The van der Waals surface area contributed by atoms with Gasteiger partial charge >= 0.3 is 5.97 Å². The van der Waals surface area contributed by atoms with Crippen LogP contribution >= 0.6 is 0 Å². The SMILES string of the molecule is CCc1ccccc1OC(C)(CC)C(=O)O. The van der Waals surface area contributed by atoms with Crippen molar-refractivity contribution < 1.29 is 14.6 Å². The first-order chi connectivity index (χ1) is 7.53. The molecule has 0 aromatic heterocycles. The topological polar surface area (TPSA) is 46.5 Å². The van der Waals surface area contributed by atoms with Gasteiger partial charge in [0.25, 0.3) is 0 Å². The van der Waals surface area contributed by atoms with Crippen LogP contribution in [0.2, 0.25) is 0 Å². The quantitative estimate of drug-likeness (QED) is 0.833. The van der Waals surface area contributed by atoms with Gasteiger partial charge in [-0.1, -0.05) is 32.0 Å². The van der Waals surface area contributed by atoms with Crippen LogP contribution in [-0.4, -0.2) is 16.7 Å². The molecule has 0 saturated carbocycles. The highest BCUT2D eigenvalue weighted by Crippen LogP contribution is 2.25. The summed E-state index contributed by atoms with van der Waals surface area (Å²) in [7, 11) is 0. The third kappa shape index (κ3) is 2.54. The van der Waals surface area contributed by atoms with E-state index in [4.69, 9.17) is 9.84 Å². The molecule has 1 aromatic carbocycles. The highest BCUT2D eigenvalue weighted by molar-refractivity contribution is 5.77. The summed E-state index contributed by atoms with van der Waals surface area (Å²) in [6.45, 7) is 5.43. The Bertz CT molecular complexity index is 373. The van der Waals surface area contributed by atoms with Gasteiger partial charge in [0.2, 0.25) is 5.60 Å². The zero-order chi connectivity index (χ0) is 12.2. The lowest BCUT2D eigenvalue weighted by atomic mass is 10.0. The Kier molecular flexibility index (Phi) is 3.93. The van der Waals surface area contributed by atoms with Crippen LogP contribution in [0.15, 0.2) is 24.3 Å². The summed E-state index contributed by atoms with van der Waals surface area (Å²) in [5, 5.41) is 9.13. The van der Waals surface area contributed by atoms with Gasteiger partial charge in [-0.25, -0.2) is 4.79 Å². The normalized spacial score (nSPS) is 14.2. The summed E-state index contributed by atoms with van der Waals surface area (Å²) in [4.78, 5) is 11.1. The summed E-state index contributed by atoms with van der Waals surface area (Å²) in [5.74, 6) is -0.266. The number of carboxylic acids is 1. The van der Waals surface area contributed by atoms with Crippen LogP contribution in [0.3, 0.4) is 0 Å². The maximum atomic E-state index is 11.1. The molecule has 0 aliphatic heterocycles. The zero-order valence-corrected chi connectivity index (χ0v) is 9.99. The van der Waals surface area contributed by atoms with E-state index in [9.17, 15) is 4.79 Å². The van der Waals surface area contributed by atoms with Crippen LogP contribution in [0, 0.1) is 0 Å².